The van der Waals surface area contributed by atoms with Gasteiger partial charge in [-0.15, -0.1) is 0 Å². The number of halogens is 1. The fourth-order valence-corrected chi connectivity index (χ4v) is 1.15. The van der Waals surface area contributed by atoms with Crippen LogP contribution in [-0.4, -0.2) is 23.2 Å². The fourth-order valence-electron chi connectivity index (χ4n) is 1.15. The Hall–Kier alpha value is -1.42. The second kappa shape index (κ2) is 4.61. The lowest BCUT2D eigenvalue weighted by Gasteiger charge is -2.23. The van der Waals surface area contributed by atoms with Crippen molar-refractivity contribution >= 4 is 5.91 Å². The predicted octanol–water partition coefficient (Wildman–Crippen LogP) is 1.63. The Morgan fingerprint density at radius 1 is 1.50 bits per heavy atom. The molecule has 0 radical (unpaired) electrons. The zero-order valence-corrected chi connectivity index (χ0v) is 9.67. The zero-order chi connectivity index (χ0) is 12.3. The van der Waals surface area contributed by atoms with Crippen molar-refractivity contribution in [3.8, 4) is 0 Å². The Balaban J connectivity index is 2.85. The van der Waals surface area contributed by atoms with E-state index in [1.807, 2.05) is 0 Å². The Morgan fingerprint density at radius 3 is 2.62 bits per heavy atom. The normalized spacial score (nSPS) is 11.3. The topological polar surface area (TPSA) is 49.3 Å². The smallest absolute Gasteiger partial charge is 0.251 e. The standard InChI is InChI=1S/C12H16FNO2/c1-8-4-5-9(6-10(8)13)11(16)14-12(2,3)7-15/h4-6,15H,7H2,1-3H3,(H,14,16). The van der Waals surface area contributed by atoms with Crippen LogP contribution in [-0.2, 0) is 0 Å². The van der Waals surface area contributed by atoms with E-state index in [2.05, 4.69) is 5.32 Å². The van der Waals surface area contributed by atoms with Gasteiger partial charge in [-0.25, -0.2) is 4.39 Å². The highest BCUT2D eigenvalue weighted by atomic mass is 19.1. The van der Waals surface area contributed by atoms with Crippen LogP contribution in [0.5, 0.6) is 0 Å². The van der Waals surface area contributed by atoms with Gasteiger partial charge in [0.05, 0.1) is 12.1 Å². The first kappa shape index (κ1) is 12.6. The summed E-state index contributed by atoms with van der Waals surface area (Å²) in [5, 5.41) is 11.6. The molecule has 1 aromatic carbocycles. The highest BCUT2D eigenvalue weighted by Crippen LogP contribution is 2.10. The first-order valence-electron chi connectivity index (χ1n) is 5.05. The second-order valence-electron chi connectivity index (χ2n) is 4.46. The van der Waals surface area contributed by atoms with Gasteiger partial charge >= 0.3 is 0 Å². The van der Waals surface area contributed by atoms with Crippen molar-refractivity contribution in [2.45, 2.75) is 26.3 Å². The molecule has 3 nitrogen and oxygen atoms in total. The van der Waals surface area contributed by atoms with Crippen molar-refractivity contribution in [3.63, 3.8) is 0 Å². The van der Waals surface area contributed by atoms with E-state index in [0.717, 1.165) is 0 Å². The molecule has 0 unspecified atom stereocenters. The average molecular weight is 225 g/mol. The molecule has 0 saturated carbocycles. The number of amides is 1. The van der Waals surface area contributed by atoms with E-state index in [-0.39, 0.29) is 12.2 Å². The lowest BCUT2D eigenvalue weighted by Crippen LogP contribution is -2.46. The molecule has 0 aliphatic rings. The van der Waals surface area contributed by atoms with Gasteiger partial charge in [0.25, 0.3) is 5.91 Å². The number of hydrogen-bond donors (Lipinski definition) is 2. The van der Waals surface area contributed by atoms with Crippen molar-refractivity contribution < 1.29 is 14.3 Å². The number of aliphatic hydroxyl groups excluding tert-OH is 1. The van der Waals surface area contributed by atoms with Gasteiger partial charge < -0.3 is 10.4 Å². The molecular formula is C12H16FNO2. The van der Waals surface area contributed by atoms with Gasteiger partial charge in [0.2, 0.25) is 0 Å². The zero-order valence-electron chi connectivity index (χ0n) is 9.67. The van der Waals surface area contributed by atoms with Gasteiger partial charge in [-0.2, -0.15) is 0 Å². The summed E-state index contributed by atoms with van der Waals surface area (Å²) in [5.41, 5.74) is 0.0425. The van der Waals surface area contributed by atoms with Crippen LogP contribution in [0.2, 0.25) is 0 Å². The van der Waals surface area contributed by atoms with Gasteiger partial charge in [0.15, 0.2) is 0 Å². The molecule has 0 heterocycles. The maximum absolute atomic E-state index is 13.2. The van der Waals surface area contributed by atoms with Crippen LogP contribution in [0, 0.1) is 12.7 Å². The molecule has 2 N–H and O–H groups in total. The molecule has 88 valence electrons. The molecule has 0 saturated heterocycles. The Labute approximate surface area is 94.3 Å². The third kappa shape index (κ3) is 3.03. The number of carbonyl (C=O) groups is 1. The third-order valence-corrected chi connectivity index (χ3v) is 2.28. The minimum Gasteiger partial charge on any atom is -0.394 e. The Kier molecular flexibility index (Phi) is 3.65. The molecule has 1 rings (SSSR count). The van der Waals surface area contributed by atoms with Gasteiger partial charge in [-0.05, 0) is 38.5 Å². The van der Waals surface area contributed by atoms with Crippen LogP contribution >= 0.6 is 0 Å². The highest BCUT2D eigenvalue weighted by Gasteiger charge is 2.20. The second-order valence-corrected chi connectivity index (χ2v) is 4.46. The number of carbonyl (C=O) groups excluding carboxylic acids is 1. The quantitative estimate of drug-likeness (QED) is 0.821. The van der Waals surface area contributed by atoms with E-state index in [1.165, 1.54) is 6.07 Å². The summed E-state index contributed by atoms with van der Waals surface area (Å²) < 4.78 is 13.2. The molecule has 1 aromatic rings. The monoisotopic (exact) mass is 225 g/mol. The van der Waals surface area contributed by atoms with E-state index >= 15 is 0 Å². The van der Waals surface area contributed by atoms with E-state index in [9.17, 15) is 9.18 Å². The van der Waals surface area contributed by atoms with Crippen molar-refractivity contribution in [2.75, 3.05) is 6.61 Å². The molecule has 1 amide bonds. The highest BCUT2D eigenvalue weighted by molar-refractivity contribution is 5.94. The van der Waals surface area contributed by atoms with Crippen LogP contribution in [0.15, 0.2) is 18.2 Å². The first-order valence-corrected chi connectivity index (χ1v) is 5.05. The van der Waals surface area contributed by atoms with Gasteiger partial charge in [-0.1, -0.05) is 6.07 Å². The summed E-state index contributed by atoms with van der Waals surface area (Å²) in [5.74, 6) is -0.799. The summed E-state index contributed by atoms with van der Waals surface area (Å²) in [6.07, 6.45) is 0. The number of aryl methyl sites for hydroxylation is 1. The van der Waals surface area contributed by atoms with Crippen molar-refractivity contribution in [3.05, 3.63) is 35.1 Å². The summed E-state index contributed by atoms with van der Waals surface area (Å²) >= 11 is 0. The molecule has 0 bridgehead atoms. The number of rotatable bonds is 3. The van der Waals surface area contributed by atoms with Crippen molar-refractivity contribution in [1.29, 1.82) is 0 Å². The van der Waals surface area contributed by atoms with Crippen molar-refractivity contribution in [2.24, 2.45) is 0 Å². The molecule has 0 aromatic heterocycles. The van der Waals surface area contributed by atoms with E-state index in [4.69, 9.17) is 5.11 Å². The van der Waals surface area contributed by atoms with Crippen LogP contribution < -0.4 is 5.32 Å². The predicted molar refractivity (Wildman–Crippen MR) is 59.8 cm³/mol. The number of benzene rings is 1. The molecule has 0 aliphatic heterocycles. The lowest BCUT2D eigenvalue weighted by molar-refractivity contribution is 0.0869. The molecule has 0 aliphatic carbocycles. The van der Waals surface area contributed by atoms with E-state index in [0.29, 0.717) is 5.56 Å². The van der Waals surface area contributed by atoms with Crippen LogP contribution in [0.4, 0.5) is 4.39 Å². The average Bonchev–Trinajstić information content (AvgIpc) is 2.21. The lowest BCUT2D eigenvalue weighted by atomic mass is 10.1. The Morgan fingerprint density at radius 2 is 2.12 bits per heavy atom. The van der Waals surface area contributed by atoms with Crippen LogP contribution in [0.1, 0.15) is 29.8 Å². The van der Waals surface area contributed by atoms with Crippen molar-refractivity contribution in [1.82, 2.24) is 5.32 Å². The molecule has 0 spiro atoms. The van der Waals surface area contributed by atoms with Gasteiger partial charge in [0.1, 0.15) is 5.82 Å². The number of nitrogens with one attached hydrogen (secondary N) is 1. The Bertz CT molecular complexity index is 402. The summed E-state index contributed by atoms with van der Waals surface area (Å²) in [7, 11) is 0. The van der Waals surface area contributed by atoms with Gasteiger partial charge in [-0.3, -0.25) is 4.79 Å². The third-order valence-electron chi connectivity index (χ3n) is 2.28. The first-order chi connectivity index (χ1) is 7.35. The summed E-state index contributed by atoms with van der Waals surface area (Å²) in [4.78, 5) is 11.7. The van der Waals surface area contributed by atoms with Crippen LogP contribution in [0.3, 0.4) is 0 Å². The van der Waals surface area contributed by atoms with Gasteiger partial charge in [0, 0.05) is 5.56 Å². The minimum absolute atomic E-state index is 0.174. The van der Waals surface area contributed by atoms with E-state index < -0.39 is 17.3 Å². The molecule has 16 heavy (non-hydrogen) atoms. The maximum Gasteiger partial charge on any atom is 0.251 e. The number of aliphatic hydroxyl groups is 1. The van der Waals surface area contributed by atoms with Crippen LogP contribution in [0.25, 0.3) is 0 Å². The minimum atomic E-state index is -0.710. The SMILES string of the molecule is Cc1ccc(C(=O)NC(C)(C)CO)cc1F. The summed E-state index contributed by atoms with van der Waals surface area (Å²) in [6, 6.07) is 4.30. The fraction of sp³-hybridized carbons (Fsp3) is 0.417. The number of hydrogen-bond acceptors (Lipinski definition) is 2. The molecular weight excluding hydrogens is 209 g/mol. The molecule has 0 fully saturated rings. The van der Waals surface area contributed by atoms with E-state index in [1.54, 1.807) is 32.9 Å². The molecule has 0 atom stereocenters. The summed E-state index contributed by atoms with van der Waals surface area (Å²) in [6.45, 7) is 4.84. The largest absolute Gasteiger partial charge is 0.394 e. The molecule has 4 heteroatoms. The maximum atomic E-state index is 13.2.